The number of aryl methyl sites for hydroxylation is 2. The van der Waals surface area contributed by atoms with E-state index in [4.69, 9.17) is 0 Å². The van der Waals surface area contributed by atoms with Gasteiger partial charge in [-0.1, -0.05) is 54.1 Å². The second-order valence-corrected chi connectivity index (χ2v) is 9.06. The van der Waals surface area contributed by atoms with Gasteiger partial charge in [-0.15, -0.1) is 0 Å². The quantitative estimate of drug-likeness (QED) is 0.385. The van der Waals surface area contributed by atoms with Crippen LogP contribution in [0.4, 0.5) is 0 Å². The Labute approximate surface area is 163 Å². The number of para-hydroxylation sites is 1. The predicted octanol–water partition coefficient (Wildman–Crippen LogP) is 5.80. The van der Waals surface area contributed by atoms with Gasteiger partial charge in [0.1, 0.15) is 0 Å². The van der Waals surface area contributed by atoms with E-state index in [0.29, 0.717) is 15.9 Å². The van der Waals surface area contributed by atoms with Crippen LogP contribution in [-0.4, -0.2) is 12.4 Å². The molecule has 0 unspecified atom stereocenters. The lowest BCUT2D eigenvalue weighted by Crippen LogP contribution is -2.12. The molecule has 0 fully saturated rings. The molecule has 0 atom stereocenters. The molecular weight excluding hydrogens is 366 g/mol. The second kappa shape index (κ2) is 5.94. The summed E-state index contributed by atoms with van der Waals surface area (Å²) in [4.78, 5) is 0.290. The SMILES string of the molecule is Cc1cc(C)c2cc3c(cc2c1)c1ccccc1n3S(=O)(=O)c1ccccc1. The summed E-state index contributed by atoms with van der Waals surface area (Å²) in [7, 11) is -3.72. The van der Waals surface area contributed by atoms with E-state index in [-0.39, 0.29) is 0 Å². The van der Waals surface area contributed by atoms with Crippen LogP contribution >= 0.6 is 0 Å². The summed E-state index contributed by atoms with van der Waals surface area (Å²) in [5.41, 5.74) is 3.76. The Morgan fingerprint density at radius 2 is 1.39 bits per heavy atom. The van der Waals surface area contributed by atoms with Gasteiger partial charge in [0.05, 0.1) is 15.9 Å². The van der Waals surface area contributed by atoms with E-state index in [1.165, 1.54) is 9.54 Å². The fraction of sp³-hybridized carbons (Fsp3) is 0.0833. The molecule has 5 aromatic rings. The summed E-state index contributed by atoms with van der Waals surface area (Å²) < 4.78 is 28.6. The van der Waals surface area contributed by atoms with E-state index in [0.717, 1.165) is 27.1 Å². The Kier molecular flexibility index (Phi) is 3.61. The van der Waals surface area contributed by atoms with Crippen molar-refractivity contribution in [2.45, 2.75) is 18.7 Å². The molecular formula is C24H19NO2S. The first-order chi connectivity index (χ1) is 13.5. The number of aromatic nitrogens is 1. The Morgan fingerprint density at radius 3 is 2.18 bits per heavy atom. The molecule has 0 amide bonds. The first kappa shape index (κ1) is 17.0. The van der Waals surface area contributed by atoms with Crippen LogP contribution in [0.5, 0.6) is 0 Å². The number of nitrogens with zero attached hydrogens (tertiary/aromatic N) is 1. The molecule has 1 heterocycles. The van der Waals surface area contributed by atoms with E-state index in [2.05, 4.69) is 32.0 Å². The zero-order valence-electron chi connectivity index (χ0n) is 15.7. The summed E-state index contributed by atoms with van der Waals surface area (Å²) in [5, 5.41) is 4.10. The predicted molar refractivity (Wildman–Crippen MR) is 115 cm³/mol. The minimum atomic E-state index is -3.72. The van der Waals surface area contributed by atoms with Gasteiger partial charge >= 0.3 is 0 Å². The molecule has 0 aliphatic heterocycles. The zero-order chi connectivity index (χ0) is 19.5. The minimum Gasteiger partial charge on any atom is -0.233 e. The third-order valence-electron chi connectivity index (χ3n) is 5.33. The van der Waals surface area contributed by atoms with Crippen molar-refractivity contribution in [1.29, 1.82) is 0 Å². The summed E-state index contributed by atoms with van der Waals surface area (Å²) >= 11 is 0. The maximum absolute atomic E-state index is 13.6. The third-order valence-corrected chi connectivity index (χ3v) is 7.08. The molecule has 4 heteroatoms. The van der Waals surface area contributed by atoms with Gasteiger partial charge in [0.25, 0.3) is 10.0 Å². The van der Waals surface area contributed by atoms with Gasteiger partial charge in [-0.3, -0.25) is 0 Å². The highest BCUT2D eigenvalue weighted by atomic mass is 32.2. The summed E-state index contributed by atoms with van der Waals surface area (Å²) in [6.45, 7) is 4.15. The Balaban J connectivity index is 1.99. The van der Waals surface area contributed by atoms with E-state index >= 15 is 0 Å². The lowest BCUT2D eigenvalue weighted by atomic mass is 10.00. The molecule has 28 heavy (non-hydrogen) atoms. The molecule has 3 nitrogen and oxygen atoms in total. The lowest BCUT2D eigenvalue weighted by Gasteiger charge is -2.10. The van der Waals surface area contributed by atoms with Gasteiger partial charge in [-0.25, -0.2) is 12.4 Å². The molecule has 0 saturated carbocycles. The maximum Gasteiger partial charge on any atom is 0.268 e. The zero-order valence-corrected chi connectivity index (χ0v) is 16.5. The van der Waals surface area contributed by atoms with Gasteiger partial charge in [-0.05, 0) is 60.5 Å². The van der Waals surface area contributed by atoms with E-state index in [1.807, 2.05) is 36.4 Å². The van der Waals surface area contributed by atoms with Gasteiger partial charge in [0.15, 0.2) is 0 Å². The Morgan fingerprint density at radius 1 is 0.679 bits per heavy atom. The van der Waals surface area contributed by atoms with Crippen LogP contribution in [0.3, 0.4) is 0 Å². The molecule has 5 rings (SSSR count). The fourth-order valence-corrected chi connectivity index (χ4v) is 5.66. The second-order valence-electron chi connectivity index (χ2n) is 7.27. The molecule has 1 aromatic heterocycles. The van der Waals surface area contributed by atoms with Crippen LogP contribution in [0.15, 0.2) is 83.8 Å². The van der Waals surface area contributed by atoms with Crippen molar-refractivity contribution in [2.24, 2.45) is 0 Å². The smallest absolute Gasteiger partial charge is 0.233 e. The van der Waals surface area contributed by atoms with Gasteiger partial charge in [-0.2, -0.15) is 0 Å². The van der Waals surface area contributed by atoms with Crippen LogP contribution in [0.2, 0.25) is 0 Å². The number of benzene rings is 4. The van der Waals surface area contributed by atoms with Crippen LogP contribution in [0, 0.1) is 13.8 Å². The highest BCUT2D eigenvalue weighted by Gasteiger charge is 2.23. The van der Waals surface area contributed by atoms with Crippen LogP contribution in [-0.2, 0) is 10.0 Å². The van der Waals surface area contributed by atoms with Crippen LogP contribution in [0.1, 0.15) is 11.1 Å². The van der Waals surface area contributed by atoms with E-state index in [1.54, 1.807) is 24.3 Å². The highest BCUT2D eigenvalue weighted by Crippen LogP contribution is 2.36. The van der Waals surface area contributed by atoms with Gasteiger partial charge in [0.2, 0.25) is 0 Å². The van der Waals surface area contributed by atoms with Crippen molar-refractivity contribution >= 4 is 42.6 Å². The molecule has 0 saturated heterocycles. The van der Waals surface area contributed by atoms with Gasteiger partial charge < -0.3 is 0 Å². The van der Waals surface area contributed by atoms with Crippen molar-refractivity contribution in [3.63, 3.8) is 0 Å². The molecule has 138 valence electrons. The van der Waals surface area contributed by atoms with Crippen molar-refractivity contribution in [3.05, 3.63) is 90.0 Å². The number of fused-ring (bicyclic) bond motifs is 4. The van der Waals surface area contributed by atoms with E-state index < -0.39 is 10.0 Å². The highest BCUT2D eigenvalue weighted by molar-refractivity contribution is 7.90. The monoisotopic (exact) mass is 385 g/mol. The summed E-state index contributed by atoms with van der Waals surface area (Å²) in [6, 6.07) is 24.7. The molecule has 0 aliphatic carbocycles. The molecule has 0 spiro atoms. The van der Waals surface area contributed by atoms with Crippen molar-refractivity contribution in [3.8, 4) is 0 Å². The Hall–Kier alpha value is -3.11. The van der Waals surface area contributed by atoms with Crippen molar-refractivity contribution < 1.29 is 8.42 Å². The standard InChI is InChI=1S/C24H19NO2S/c1-16-12-17(2)21-15-24-22(14-18(21)13-16)20-10-6-7-11-23(20)25(24)28(26,27)19-8-4-3-5-9-19/h3-15H,1-2H3. The van der Waals surface area contributed by atoms with Crippen LogP contribution in [0.25, 0.3) is 32.6 Å². The minimum absolute atomic E-state index is 0.290. The average Bonchev–Trinajstić information content (AvgIpc) is 3.01. The van der Waals surface area contributed by atoms with Gasteiger partial charge in [0, 0.05) is 10.8 Å². The van der Waals surface area contributed by atoms with Crippen LogP contribution < -0.4 is 0 Å². The maximum atomic E-state index is 13.6. The third kappa shape index (κ3) is 2.38. The van der Waals surface area contributed by atoms with Crippen molar-refractivity contribution in [2.75, 3.05) is 0 Å². The average molecular weight is 385 g/mol. The lowest BCUT2D eigenvalue weighted by molar-refractivity contribution is 0.590. The van der Waals surface area contributed by atoms with E-state index in [9.17, 15) is 8.42 Å². The fourth-order valence-electron chi connectivity index (χ4n) is 4.12. The summed E-state index contributed by atoms with van der Waals surface area (Å²) in [5.74, 6) is 0. The topological polar surface area (TPSA) is 39.1 Å². The molecule has 0 radical (unpaired) electrons. The first-order valence-corrected chi connectivity index (χ1v) is 10.7. The molecule has 4 aromatic carbocycles. The Bertz CT molecular complexity index is 1480. The largest absolute Gasteiger partial charge is 0.268 e. The summed E-state index contributed by atoms with van der Waals surface area (Å²) in [6.07, 6.45) is 0. The number of hydrogen-bond donors (Lipinski definition) is 0. The number of hydrogen-bond acceptors (Lipinski definition) is 2. The normalized spacial score (nSPS) is 12.2. The number of rotatable bonds is 2. The molecule has 0 aliphatic rings. The van der Waals surface area contributed by atoms with Crippen molar-refractivity contribution in [1.82, 2.24) is 3.97 Å². The first-order valence-electron chi connectivity index (χ1n) is 9.21. The molecule has 0 N–H and O–H groups in total. The molecule has 0 bridgehead atoms.